The molecule has 0 heterocycles. The van der Waals surface area contributed by atoms with Gasteiger partial charge in [-0.1, -0.05) is 6.07 Å². The van der Waals surface area contributed by atoms with Crippen molar-refractivity contribution in [3.05, 3.63) is 34.9 Å². The molecule has 6 heteroatoms. The van der Waals surface area contributed by atoms with Gasteiger partial charge in [0.2, 0.25) is 0 Å². The molecule has 0 saturated heterocycles. The summed E-state index contributed by atoms with van der Waals surface area (Å²) in [6.07, 6.45) is 0. The third kappa shape index (κ3) is 3.88. The Kier molecular flexibility index (Phi) is 5.69. The number of amides is 1. The maximum Gasteiger partial charge on any atom is 0.259 e. The number of aryl methyl sites for hydroxylation is 1. The number of benzene rings is 1. The van der Waals surface area contributed by atoms with Gasteiger partial charge in [-0.3, -0.25) is 4.79 Å². The van der Waals surface area contributed by atoms with Gasteiger partial charge in [-0.05, 0) is 18.6 Å². The van der Waals surface area contributed by atoms with Crippen molar-refractivity contribution in [3.8, 4) is 0 Å². The SMILES string of the molecule is COCC(Cl)CN(C)C(=O)c1c(F)ccc(C)c1F. The topological polar surface area (TPSA) is 29.5 Å². The van der Waals surface area contributed by atoms with E-state index in [9.17, 15) is 13.6 Å². The molecule has 0 aliphatic rings. The van der Waals surface area contributed by atoms with Crippen LogP contribution in [0.5, 0.6) is 0 Å². The molecule has 1 atom stereocenters. The van der Waals surface area contributed by atoms with Crippen LogP contribution in [-0.4, -0.2) is 43.5 Å². The van der Waals surface area contributed by atoms with Crippen molar-refractivity contribution < 1.29 is 18.3 Å². The first-order valence-corrected chi connectivity index (χ1v) is 6.15. The second-order valence-electron chi connectivity index (χ2n) is 4.29. The molecular weight excluding hydrogens is 276 g/mol. The zero-order valence-electron chi connectivity index (χ0n) is 11.0. The third-order valence-electron chi connectivity index (χ3n) is 2.66. The first kappa shape index (κ1) is 15.9. The monoisotopic (exact) mass is 291 g/mol. The van der Waals surface area contributed by atoms with Gasteiger partial charge in [0, 0.05) is 20.7 Å². The van der Waals surface area contributed by atoms with Crippen molar-refractivity contribution in [2.24, 2.45) is 0 Å². The lowest BCUT2D eigenvalue weighted by molar-refractivity contribution is 0.0772. The summed E-state index contributed by atoms with van der Waals surface area (Å²) in [4.78, 5) is 13.2. The van der Waals surface area contributed by atoms with E-state index in [0.29, 0.717) is 0 Å². The largest absolute Gasteiger partial charge is 0.383 e. The van der Waals surface area contributed by atoms with Gasteiger partial charge >= 0.3 is 0 Å². The van der Waals surface area contributed by atoms with E-state index in [1.807, 2.05) is 0 Å². The molecule has 0 spiro atoms. The molecule has 3 nitrogen and oxygen atoms in total. The number of rotatable bonds is 5. The molecule has 0 saturated carbocycles. The molecular formula is C13H16ClF2NO2. The Labute approximate surface area is 116 Å². The molecule has 0 aliphatic heterocycles. The summed E-state index contributed by atoms with van der Waals surface area (Å²) >= 11 is 5.91. The maximum absolute atomic E-state index is 13.8. The number of carbonyl (C=O) groups excluding carboxylic acids is 1. The van der Waals surface area contributed by atoms with E-state index in [1.54, 1.807) is 0 Å². The fraction of sp³-hybridized carbons (Fsp3) is 0.462. The van der Waals surface area contributed by atoms with Gasteiger partial charge < -0.3 is 9.64 Å². The highest BCUT2D eigenvalue weighted by molar-refractivity contribution is 6.21. The van der Waals surface area contributed by atoms with Crippen molar-refractivity contribution in [2.75, 3.05) is 27.3 Å². The van der Waals surface area contributed by atoms with Crippen LogP contribution in [-0.2, 0) is 4.74 Å². The van der Waals surface area contributed by atoms with Gasteiger partial charge in [-0.15, -0.1) is 11.6 Å². The normalized spacial score (nSPS) is 12.3. The maximum atomic E-state index is 13.8. The summed E-state index contributed by atoms with van der Waals surface area (Å²) in [6, 6.07) is 2.36. The number of methoxy groups -OCH3 is 1. The Hall–Kier alpha value is -1.20. The van der Waals surface area contributed by atoms with Crippen molar-refractivity contribution >= 4 is 17.5 Å². The molecule has 19 heavy (non-hydrogen) atoms. The molecule has 0 aromatic heterocycles. The van der Waals surface area contributed by atoms with Crippen molar-refractivity contribution in [1.29, 1.82) is 0 Å². The number of alkyl halides is 1. The molecule has 1 aromatic carbocycles. The van der Waals surface area contributed by atoms with E-state index in [-0.39, 0.29) is 18.7 Å². The molecule has 106 valence electrons. The summed E-state index contributed by atoms with van der Waals surface area (Å²) < 4.78 is 32.2. The van der Waals surface area contributed by atoms with Gasteiger partial charge in [0.05, 0.1) is 12.0 Å². The first-order valence-electron chi connectivity index (χ1n) is 5.71. The first-order chi connectivity index (χ1) is 8.88. The van der Waals surface area contributed by atoms with Gasteiger partial charge in [0.25, 0.3) is 5.91 Å². The minimum absolute atomic E-state index is 0.140. The fourth-order valence-corrected chi connectivity index (χ4v) is 1.99. The molecule has 1 aromatic rings. The van der Waals surface area contributed by atoms with Crippen LogP contribution in [0.2, 0.25) is 0 Å². The number of halogens is 3. The van der Waals surface area contributed by atoms with Gasteiger partial charge in [0.1, 0.15) is 17.2 Å². The minimum atomic E-state index is -0.877. The van der Waals surface area contributed by atoms with Crippen molar-refractivity contribution in [2.45, 2.75) is 12.3 Å². The number of ether oxygens (including phenoxy) is 1. The van der Waals surface area contributed by atoms with Crippen LogP contribution in [0, 0.1) is 18.6 Å². The van der Waals surface area contributed by atoms with E-state index in [0.717, 1.165) is 6.07 Å². The van der Waals surface area contributed by atoms with E-state index in [2.05, 4.69) is 0 Å². The Balaban J connectivity index is 2.91. The van der Waals surface area contributed by atoms with Crippen LogP contribution in [0.3, 0.4) is 0 Å². The van der Waals surface area contributed by atoms with Gasteiger partial charge in [-0.25, -0.2) is 8.78 Å². The fourth-order valence-electron chi connectivity index (χ4n) is 1.66. The molecule has 1 amide bonds. The van der Waals surface area contributed by atoms with Gasteiger partial charge in [-0.2, -0.15) is 0 Å². The minimum Gasteiger partial charge on any atom is -0.383 e. The van der Waals surface area contributed by atoms with Crippen molar-refractivity contribution in [3.63, 3.8) is 0 Å². The van der Waals surface area contributed by atoms with E-state index < -0.39 is 28.5 Å². The van der Waals surface area contributed by atoms with Crippen LogP contribution in [0.25, 0.3) is 0 Å². The molecule has 0 aliphatic carbocycles. The predicted octanol–water partition coefficient (Wildman–Crippen LogP) is 2.60. The summed E-state index contributed by atoms with van der Waals surface area (Å²) in [5, 5.41) is -0.435. The van der Waals surface area contributed by atoms with Crippen molar-refractivity contribution in [1.82, 2.24) is 4.90 Å². The zero-order valence-corrected chi connectivity index (χ0v) is 11.8. The average Bonchev–Trinajstić information content (AvgIpc) is 2.34. The number of hydrogen-bond acceptors (Lipinski definition) is 2. The molecule has 1 unspecified atom stereocenters. The smallest absolute Gasteiger partial charge is 0.259 e. The molecule has 0 fully saturated rings. The van der Waals surface area contributed by atoms with E-state index in [4.69, 9.17) is 16.3 Å². The Morgan fingerprint density at radius 2 is 2.11 bits per heavy atom. The van der Waals surface area contributed by atoms with Crippen LogP contribution < -0.4 is 0 Å². The van der Waals surface area contributed by atoms with E-state index in [1.165, 1.54) is 32.0 Å². The van der Waals surface area contributed by atoms with Gasteiger partial charge in [0.15, 0.2) is 0 Å². The number of carbonyl (C=O) groups is 1. The zero-order chi connectivity index (χ0) is 14.6. The summed E-state index contributed by atoms with van der Waals surface area (Å²) in [5.74, 6) is -2.45. The highest BCUT2D eigenvalue weighted by Crippen LogP contribution is 2.18. The van der Waals surface area contributed by atoms with Crippen LogP contribution in [0.15, 0.2) is 12.1 Å². The summed E-state index contributed by atoms with van der Waals surface area (Å²) in [6.45, 7) is 1.86. The Bertz CT molecular complexity index is 468. The average molecular weight is 292 g/mol. The molecule has 1 rings (SSSR count). The third-order valence-corrected chi connectivity index (χ3v) is 2.93. The lowest BCUT2D eigenvalue weighted by Crippen LogP contribution is -2.35. The van der Waals surface area contributed by atoms with E-state index >= 15 is 0 Å². The summed E-state index contributed by atoms with van der Waals surface area (Å²) in [5.41, 5.74) is -0.332. The standard InChI is InChI=1S/C13H16ClF2NO2/c1-8-4-5-10(15)11(12(8)16)13(18)17(2)6-9(14)7-19-3/h4-5,9H,6-7H2,1-3H3. The Morgan fingerprint density at radius 1 is 1.47 bits per heavy atom. The quantitative estimate of drug-likeness (QED) is 0.781. The van der Waals surface area contributed by atoms with Crippen LogP contribution in [0.1, 0.15) is 15.9 Å². The number of nitrogens with zero attached hydrogens (tertiary/aromatic N) is 1. The molecule has 0 bridgehead atoms. The highest BCUT2D eigenvalue weighted by Gasteiger charge is 2.23. The lowest BCUT2D eigenvalue weighted by Gasteiger charge is -2.21. The Morgan fingerprint density at radius 3 is 2.68 bits per heavy atom. The number of hydrogen-bond donors (Lipinski definition) is 0. The second-order valence-corrected chi connectivity index (χ2v) is 4.91. The molecule has 0 radical (unpaired) electrons. The predicted molar refractivity (Wildman–Crippen MR) is 69.6 cm³/mol. The second kappa shape index (κ2) is 6.82. The molecule has 0 N–H and O–H groups in total. The van der Waals surface area contributed by atoms with Crippen LogP contribution in [0.4, 0.5) is 8.78 Å². The van der Waals surface area contributed by atoms with Crippen LogP contribution >= 0.6 is 11.6 Å². The highest BCUT2D eigenvalue weighted by atomic mass is 35.5. The summed E-state index contributed by atoms with van der Waals surface area (Å²) in [7, 11) is 2.92. The lowest BCUT2D eigenvalue weighted by atomic mass is 10.1.